The normalized spacial score (nSPS) is 10.1. The fourth-order valence-corrected chi connectivity index (χ4v) is 1.99. The van der Waals surface area contributed by atoms with Crippen molar-refractivity contribution in [2.75, 3.05) is 5.32 Å². The number of benzene rings is 2. The van der Waals surface area contributed by atoms with Gasteiger partial charge in [0.1, 0.15) is 0 Å². The Kier molecular flexibility index (Phi) is 4.05. The summed E-state index contributed by atoms with van der Waals surface area (Å²) in [7, 11) is 0. The molecule has 2 N–H and O–H groups in total. The van der Waals surface area contributed by atoms with Crippen molar-refractivity contribution < 1.29 is 14.7 Å². The Morgan fingerprint density at radius 3 is 2.45 bits per heavy atom. The van der Waals surface area contributed by atoms with Crippen molar-refractivity contribution in [2.24, 2.45) is 0 Å². The summed E-state index contributed by atoms with van der Waals surface area (Å²) >= 11 is 5.95. The molecule has 102 valence electrons. The van der Waals surface area contributed by atoms with Gasteiger partial charge in [0.05, 0.1) is 16.1 Å². The van der Waals surface area contributed by atoms with E-state index in [1.807, 2.05) is 0 Å². The molecule has 0 radical (unpaired) electrons. The molecule has 5 heteroatoms. The molecular formula is C15H12ClNO3. The highest BCUT2D eigenvalue weighted by molar-refractivity contribution is 6.34. The van der Waals surface area contributed by atoms with Crippen molar-refractivity contribution in [3.8, 4) is 0 Å². The summed E-state index contributed by atoms with van der Waals surface area (Å²) in [5, 5.41) is 12.0. The third kappa shape index (κ3) is 2.97. The van der Waals surface area contributed by atoms with E-state index in [-0.39, 0.29) is 11.5 Å². The van der Waals surface area contributed by atoms with Crippen LogP contribution in [0.15, 0.2) is 42.5 Å². The monoisotopic (exact) mass is 289 g/mol. The average Bonchev–Trinajstić information content (AvgIpc) is 2.41. The molecule has 2 aromatic rings. The summed E-state index contributed by atoms with van der Waals surface area (Å²) in [6.07, 6.45) is 0. The highest BCUT2D eigenvalue weighted by Crippen LogP contribution is 2.20. The van der Waals surface area contributed by atoms with Crippen LogP contribution in [0.4, 0.5) is 5.69 Å². The molecule has 2 aromatic carbocycles. The largest absolute Gasteiger partial charge is 0.478 e. The van der Waals surface area contributed by atoms with Crippen LogP contribution in [-0.2, 0) is 0 Å². The molecule has 0 heterocycles. The lowest BCUT2D eigenvalue weighted by atomic mass is 10.1. The number of halogens is 1. The van der Waals surface area contributed by atoms with E-state index in [1.54, 1.807) is 37.3 Å². The SMILES string of the molecule is Cc1cc(C(=O)O)ccc1NC(=O)c1ccccc1Cl. The molecule has 0 unspecified atom stereocenters. The molecule has 0 saturated carbocycles. The van der Waals surface area contributed by atoms with Gasteiger partial charge in [0, 0.05) is 5.69 Å². The topological polar surface area (TPSA) is 66.4 Å². The number of carboxylic acid groups (broad SMARTS) is 1. The Hall–Kier alpha value is -2.33. The Bertz CT molecular complexity index is 683. The van der Waals surface area contributed by atoms with Gasteiger partial charge in [-0.1, -0.05) is 23.7 Å². The van der Waals surface area contributed by atoms with E-state index in [0.717, 1.165) is 0 Å². The number of aromatic carboxylic acids is 1. The Morgan fingerprint density at radius 1 is 1.15 bits per heavy atom. The molecule has 4 nitrogen and oxygen atoms in total. The summed E-state index contributed by atoms with van der Waals surface area (Å²) in [6.45, 7) is 1.73. The molecule has 0 aliphatic rings. The number of anilines is 1. The molecule has 2 rings (SSSR count). The summed E-state index contributed by atoms with van der Waals surface area (Å²) in [6, 6.07) is 11.2. The van der Waals surface area contributed by atoms with Crippen LogP contribution < -0.4 is 5.32 Å². The molecule has 0 fully saturated rings. The lowest BCUT2D eigenvalue weighted by Gasteiger charge is -2.10. The van der Waals surface area contributed by atoms with Crippen LogP contribution in [0.2, 0.25) is 5.02 Å². The number of aryl methyl sites for hydroxylation is 1. The molecule has 0 atom stereocenters. The zero-order valence-corrected chi connectivity index (χ0v) is 11.4. The van der Waals surface area contributed by atoms with Gasteiger partial charge in [0.15, 0.2) is 0 Å². The molecule has 1 amide bonds. The quantitative estimate of drug-likeness (QED) is 0.907. The van der Waals surface area contributed by atoms with Gasteiger partial charge < -0.3 is 10.4 Å². The van der Waals surface area contributed by atoms with Gasteiger partial charge in [0.2, 0.25) is 0 Å². The van der Waals surface area contributed by atoms with E-state index < -0.39 is 5.97 Å². The minimum absolute atomic E-state index is 0.179. The minimum atomic E-state index is -1.00. The smallest absolute Gasteiger partial charge is 0.335 e. The fourth-order valence-electron chi connectivity index (χ4n) is 1.77. The summed E-state index contributed by atoms with van der Waals surface area (Å²) in [4.78, 5) is 22.9. The predicted octanol–water partition coefficient (Wildman–Crippen LogP) is 3.60. The first-order valence-electron chi connectivity index (χ1n) is 5.89. The van der Waals surface area contributed by atoms with Crippen molar-refractivity contribution in [2.45, 2.75) is 6.92 Å². The number of carbonyl (C=O) groups excluding carboxylic acids is 1. The van der Waals surface area contributed by atoms with E-state index in [1.165, 1.54) is 12.1 Å². The molecule has 0 aliphatic carbocycles. The number of rotatable bonds is 3. The lowest BCUT2D eigenvalue weighted by molar-refractivity contribution is 0.0696. The van der Waals surface area contributed by atoms with Crippen LogP contribution in [0.25, 0.3) is 0 Å². The number of amides is 1. The Balaban J connectivity index is 2.25. The second-order valence-corrected chi connectivity index (χ2v) is 4.68. The molecule has 0 aromatic heterocycles. The van der Waals surface area contributed by atoms with Crippen LogP contribution in [0.5, 0.6) is 0 Å². The molecule has 0 aliphatic heterocycles. The van der Waals surface area contributed by atoms with E-state index in [2.05, 4.69) is 5.32 Å². The van der Waals surface area contributed by atoms with Crippen molar-refractivity contribution >= 4 is 29.2 Å². The first-order valence-corrected chi connectivity index (χ1v) is 6.26. The van der Waals surface area contributed by atoms with Crippen LogP contribution in [0.3, 0.4) is 0 Å². The third-order valence-electron chi connectivity index (χ3n) is 2.84. The maximum Gasteiger partial charge on any atom is 0.335 e. The average molecular weight is 290 g/mol. The maximum atomic E-state index is 12.1. The van der Waals surface area contributed by atoms with Gasteiger partial charge in [-0.15, -0.1) is 0 Å². The van der Waals surface area contributed by atoms with Crippen molar-refractivity contribution in [1.29, 1.82) is 0 Å². The van der Waals surface area contributed by atoms with E-state index in [4.69, 9.17) is 16.7 Å². The number of carbonyl (C=O) groups is 2. The molecule has 0 spiro atoms. The van der Waals surface area contributed by atoms with Crippen LogP contribution >= 0.6 is 11.6 Å². The summed E-state index contributed by atoms with van der Waals surface area (Å²) in [5.41, 5.74) is 1.78. The highest BCUT2D eigenvalue weighted by atomic mass is 35.5. The molecule has 20 heavy (non-hydrogen) atoms. The predicted molar refractivity (Wildman–Crippen MR) is 77.5 cm³/mol. The number of nitrogens with one attached hydrogen (secondary N) is 1. The van der Waals surface area contributed by atoms with Gasteiger partial charge in [0.25, 0.3) is 5.91 Å². The minimum Gasteiger partial charge on any atom is -0.478 e. The molecule has 0 saturated heterocycles. The molecular weight excluding hydrogens is 278 g/mol. The summed E-state index contributed by atoms with van der Waals surface area (Å²) < 4.78 is 0. The van der Waals surface area contributed by atoms with E-state index in [9.17, 15) is 9.59 Å². The van der Waals surface area contributed by atoms with Crippen LogP contribution in [-0.4, -0.2) is 17.0 Å². The number of hydrogen-bond donors (Lipinski definition) is 2. The summed E-state index contributed by atoms with van der Waals surface area (Å²) in [5.74, 6) is -1.33. The first kappa shape index (κ1) is 14.1. The van der Waals surface area contributed by atoms with Crippen LogP contribution in [0.1, 0.15) is 26.3 Å². The number of hydrogen-bond acceptors (Lipinski definition) is 2. The lowest BCUT2D eigenvalue weighted by Crippen LogP contribution is -2.13. The second-order valence-electron chi connectivity index (χ2n) is 4.27. The number of carboxylic acids is 1. The highest BCUT2D eigenvalue weighted by Gasteiger charge is 2.12. The fraction of sp³-hybridized carbons (Fsp3) is 0.0667. The third-order valence-corrected chi connectivity index (χ3v) is 3.17. The second kappa shape index (κ2) is 5.75. The van der Waals surface area contributed by atoms with Gasteiger partial charge >= 0.3 is 5.97 Å². The molecule has 0 bridgehead atoms. The van der Waals surface area contributed by atoms with Gasteiger partial charge in [-0.25, -0.2) is 4.79 Å². The van der Waals surface area contributed by atoms with Crippen LogP contribution in [0, 0.1) is 6.92 Å². The van der Waals surface area contributed by atoms with E-state index in [0.29, 0.717) is 21.8 Å². The first-order chi connectivity index (χ1) is 9.49. The van der Waals surface area contributed by atoms with Crippen molar-refractivity contribution in [3.63, 3.8) is 0 Å². The van der Waals surface area contributed by atoms with E-state index >= 15 is 0 Å². The Morgan fingerprint density at radius 2 is 1.85 bits per heavy atom. The zero-order valence-electron chi connectivity index (χ0n) is 10.7. The standard InChI is InChI=1S/C15H12ClNO3/c1-9-8-10(15(19)20)6-7-13(9)17-14(18)11-4-2-3-5-12(11)16/h2-8H,1H3,(H,17,18)(H,19,20). The van der Waals surface area contributed by atoms with Gasteiger partial charge in [-0.3, -0.25) is 4.79 Å². The van der Waals surface area contributed by atoms with Gasteiger partial charge in [-0.05, 0) is 42.8 Å². The van der Waals surface area contributed by atoms with Crippen molar-refractivity contribution in [1.82, 2.24) is 0 Å². The van der Waals surface area contributed by atoms with Gasteiger partial charge in [-0.2, -0.15) is 0 Å². The van der Waals surface area contributed by atoms with Crippen molar-refractivity contribution in [3.05, 3.63) is 64.2 Å². The maximum absolute atomic E-state index is 12.1. The zero-order chi connectivity index (χ0) is 14.7. The Labute approximate surface area is 121 Å².